The predicted octanol–water partition coefficient (Wildman–Crippen LogP) is 3.94. The molecule has 4 N–H and O–H groups in total. The second kappa shape index (κ2) is 9.09. The van der Waals surface area contributed by atoms with E-state index in [1.54, 1.807) is 18.2 Å². The summed E-state index contributed by atoms with van der Waals surface area (Å²) in [5.41, 5.74) is 7.82. The SMILES string of the molecule is Cl.N[C@@H](c1ccc(OCc2ccccc2)cc1O)[C@H](O)C1CCCC1. The smallest absolute Gasteiger partial charge is 0.124 e. The largest absolute Gasteiger partial charge is 0.507 e. The van der Waals surface area contributed by atoms with Crippen molar-refractivity contribution in [2.45, 2.75) is 44.4 Å². The number of rotatable bonds is 6. The van der Waals surface area contributed by atoms with E-state index in [1.807, 2.05) is 30.3 Å². The zero-order chi connectivity index (χ0) is 16.9. The van der Waals surface area contributed by atoms with Crippen LogP contribution in [0.15, 0.2) is 48.5 Å². The highest BCUT2D eigenvalue weighted by molar-refractivity contribution is 5.85. The quantitative estimate of drug-likeness (QED) is 0.726. The van der Waals surface area contributed by atoms with Gasteiger partial charge in [-0.3, -0.25) is 0 Å². The van der Waals surface area contributed by atoms with E-state index in [9.17, 15) is 10.2 Å². The molecular formula is C20H26ClNO3. The Morgan fingerprint density at radius 1 is 1.08 bits per heavy atom. The molecule has 2 aromatic carbocycles. The number of hydrogen-bond donors (Lipinski definition) is 3. The summed E-state index contributed by atoms with van der Waals surface area (Å²) >= 11 is 0. The fraction of sp³-hybridized carbons (Fsp3) is 0.400. The van der Waals surface area contributed by atoms with E-state index >= 15 is 0 Å². The first-order valence-corrected chi connectivity index (χ1v) is 8.58. The van der Waals surface area contributed by atoms with Gasteiger partial charge in [0.25, 0.3) is 0 Å². The third kappa shape index (κ3) is 4.88. The molecule has 0 bridgehead atoms. The average molecular weight is 364 g/mol. The summed E-state index contributed by atoms with van der Waals surface area (Å²) in [5.74, 6) is 0.890. The highest BCUT2D eigenvalue weighted by atomic mass is 35.5. The molecule has 1 aliphatic carbocycles. The average Bonchev–Trinajstić information content (AvgIpc) is 3.14. The normalized spacial score (nSPS) is 16.9. The van der Waals surface area contributed by atoms with Crippen LogP contribution >= 0.6 is 12.4 Å². The van der Waals surface area contributed by atoms with Gasteiger partial charge < -0.3 is 20.7 Å². The summed E-state index contributed by atoms with van der Waals surface area (Å²) in [7, 11) is 0. The van der Waals surface area contributed by atoms with E-state index < -0.39 is 12.1 Å². The van der Waals surface area contributed by atoms with Crippen LogP contribution in [0.4, 0.5) is 0 Å². The molecule has 4 nitrogen and oxygen atoms in total. The summed E-state index contributed by atoms with van der Waals surface area (Å²) < 4.78 is 5.70. The monoisotopic (exact) mass is 363 g/mol. The fourth-order valence-electron chi connectivity index (χ4n) is 3.41. The number of halogens is 1. The fourth-order valence-corrected chi connectivity index (χ4v) is 3.41. The minimum Gasteiger partial charge on any atom is -0.507 e. The van der Waals surface area contributed by atoms with E-state index in [2.05, 4.69) is 0 Å². The lowest BCUT2D eigenvalue weighted by Crippen LogP contribution is -2.31. The Morgan fingerprint density at radius 3 is 2.40 bits per heavy atom. The van der Waals surface area contributed by atoms with Crippen molar-refractivity contribution in [3.63, 3.8) is 0 Å². The number of aliphatic hydroxyl groups excluding tert-OH is 1. The first-order valence-electron chi connectivity index (χ1n) is 8.58. The molecule has 2 atom stereocenters. The van der Waals surface area contributed by atoms with Crippen molar-refractivity contribution in [1.29, 1.82) is 0 Å². The molecule has 1 saturated carbocycles. The maximum absolute atomic E-state index is 10.4. The van der Waals surface area contributed by atoms with Crippen molar-refractivity contribution < 1.29 is 14.9 Å². The molecule has 0 amide bonds. The molecule has 1 fully saturated rings. The maximum atomic E-state index is 10.4. The first-order chi connectivity index (χ1) is 11.6. The molecule has 3 rings (SSSR count). The van der Waals surface area contributed by atoms with Crippen LogP contribution < -0.4 is 10.5 Å². The molecule has 5 heteroatoms. The minimum absolute atomic E-state index is 0. The topological polar surface area (TPSA) is 75.7 Å². The van der Waals surface area contributed by atoms with Gasteiger partial charge in [0.1, 0.15) is 18.1 Å². The van der Waals surface area contributed by atoms with E-state index in [-0.39, 0.29) is 24.1 Å². The van der Waals surface area contributed by atoms with Gasteiger partial charge in [-0.2, -0.15) is 0 Å². The van der Waals surface area contributed by atoms with Crippen LogP contribution in [0.5, 0.6) is 11.5 Å². The van der Waals surface area contributed by atoms with Crippen LogP contribution in [0, 0.1) is 5.92 Å². The maximum Gasteiger partial charge on any atom is 0.124 e. The van der Waals surface area contributed by atoms with Gasteiger partial charge in [0, 0.05) is 11.6 Å². The Bertz CT molecular complexity index is 659. The van der Waals surface area contributed by atoms with E-state index in [1.165, 1.54) is 0 Å². The Labute approximate surface area is 155 Å². The lowest BCUT2D eigenvalue weighted by Gasteiger charge is -2.25. The van der Waals surface area contributed by atoms with Crippen LogP contribution in [0.25, 0.3) is 0 Å². The van der Waals surface area contributed by atoms with E-state index in [0.717, 1.165) is 31.2 Å². The lowest BCUT2D eigenvalue weighted by atomic mass is 9.90. The number of phenols is 1. The number of aromatic hydroxyl groups is 1. The van der Waals surface area contributed by atoms with Gasteiger partial charge in [0.15, 0.2) is 0 Å². The lowest BCUT2D eigenvalue weighted by molar-refractivity contribution is 0.0836. The van der Waals surface area contributed by atoms with Crippen molar-refractivity contribution in [2.24, 2.45) is 11.7 Å². The molecule has 0 aromatic heterocycles. The van der Waals surface area contributed by atoms with Gasteiger partial charge in [-0.05, 0) is 36.5 Å². The third-order valence-corrected chi connectivity index (χ3v) is 4.86. The van der Waals surface area contributed by atoms with Crippen LogP contribution in [0.1, 0.15) is 42.9 Å². The molecular weight excluding hydrogens is 338 g/mol. The number of aliphatic hydroxyl groups is 1. The second-order valence-corrected chi connectivity index (χ2v) is 6.56. The highest BCUT2D eigenvalue weighted by Gasteiger charge is 2.30. The van der Waals surface area contributed by atoms with Crippen molar-refractivity contribution >= 4 is 12.4 Å². The van der Waals surface area contributed by atoms with Gasteiger partial charge in [0.05, 0.1) is 12.1 Å². The van der Waals surface area contributed by atoms with Crippen LogP contribution in [0.3, 0.4) is 0 Å². The minimum atomic E-state index is -0.616. The van der Waals surface area contributed by atoms with Gasteiger partial charge in [-0.15, -0.1) is 12.4 Å². The molecule has 0 aliphatic heterocycles. The van der Waals surface area contributed by atoms with E-state index in [4.69, 9.17) is 10.5 Å². The van der Waals surface area contributed by atoms with Gasteiger partial charge in [-0.1, -0.05) is 43.2 Å². The molecule has 25 heavy (non-hydrogen) atoms. The van der Waals surface area contributed by atoms with Crippen LogP contribution in [-0.2, 0) is 6.61 Å². The highest BCUT2D eigenvalue weighted by Crippen LogP contribution is 2.36. The van der Waals surface area contributed by atoms with Crippen molar-refractivity contribution in [3.8, 4) is 11.5 Å². The molecule has 1 aliphatic rings. The van der Waals surface area contributed by atoms with Gasteiger partial charge in [-0.25, -0.2) is 0 Å². The Hall–Kier alpha value is -1.75. The summed E-state index contributed by atoms with van der Waals surface area (Å²) in [4.78, 5) is 0. The Balaban J connectivity index is 0.00000225. The van der Waals surface area contributed by atoms with Crippen molar-refractivity contribution in [3.05, 3.63) is 59.7 Å². The zero-order valence-corrected chi connectivity index (χ0v) is 15.0. The summed E-state index contributed by atoms with van der Waals surface area (Å²) in [5, 5.41) is 20.7. The van der Waals surface area contributed by atoms with Crippen molar-refractivity contribution in [2.75, 3.05) is 0 Å². The summed E-state index contributed by atoms with van der Waals surface area (Å²) in [6.07, 6.45) is 3.69. The summed E-state index contributed by atoms with van der Waals surface area (Å²) in [6.45, 7) is 0.441. The number of ether oxygens (including phenoxy) is 1. The number of nitrogens with two attached hydrogens (primary N) is 1. The molecule has 0 radical (unpaired) electrons. The standard InChI is InChI=1S/C20H25NO3.ClH/c21-19(20(23)15-8-4-5-9-15)17-11-10-16(12-18(17)22)24-13-14-6-2-1-3-7-14;/h1-3,6-7,10-12,15,19-20,22-23H,4-5,8-9,13,21H2;1H/t19-,20+;/m0./s1. The molecule has 0 spiro atoms. The molecule has 0 heterocycles. The van der Waals surface area contributed by atoms with Crippen molar-refractivity contribution in [1.82, 2.24) is 0 Å². The van der Waals surface area contributed by atoms with Crippen LogP contribution in [-0.4, -0.2) is 16.3 Å². The third-order valence-electron chi connectivity index (χ3n) is 4.86. The van der Waals surface area contributed by atoms with E-state index in [0.29, 0.717) is 17.9 Å². The zero-order valence-electron chi connectivity index (χ0n) is 14.2. The van der Waals surface area contributed by atoms with Crippen LogP contribution in [0.2, 0.25) is 0 Å². The molecule has 0 saturated heterocycles. The first kappa shape index (κ1) is 19.6. The summed E-state index contributed by atoms with van der Waals surface area (Å²) in [6, 6.07) is 14.4. The molecule has 136 valence electrons. The number of benzene rings is 2. The molecule has 0 unspecified atom stereocenters. The Kier molecular flexibility index (Phi) is 7.12. The van der Waals surface area contributed by atoms with Gasteiger partial charge in [0.2, 0.25) is 0 Å². The Morgan fingerprint density at radius 2 is 1.76 bits per heavy atom. The number of hydrogen-bond acceptors (Lipinski definition) is 4. The predicted molar refractivity (Wildman–Crippen MR) is 101 cm³/mol. The second-order valence-electron chi connectivity index (χ2n) is 6.56. The number of phenolic OH excluding ortho intramolecular Hbond substituents is 1. The molecule has 2 aromatic rings. The van der Waals surface area contributed by atoms with Gasteiger partial charge >= 0.3 is 0 Å².